The normalized spacial score (nSPS) is 16.2. The molecular weight excluding hydrogens is 200 g/mol. The van der Waals surface area contributed by atoms with Crippen molar-refractivity contribution in [3.63, 3.8) is 0 Å². The molecule has 1 fully saturated rings. The lowest BCUT2D eigenvalue weighted by atomic mass is 10.1. The van der Waals surface area contributed by atoms with Gasteiger partial charge in [0.25, 0.3) is 0 Å². The van der Waals surface area contributed by atoms with E-state index in [1.165, 1.54) is 5.56 Å². The van der Waals surface area contributed by atoms with Crippen molar-refractivity contribution in [2.24, 2.45) is 0 Å². The highest BCUT2D eigenvalue weighted by molar-refractivity contribution is 5.96. The average Bonchev–Trinajstić information content (AvgIpc) is 2.39. The van der Waals surface area contributed by atoms with E-state index in [1.807, 2.05) is 12.1 Å². The molecule has 3 heteroatoms. The summed E-state index contributed by atoms with van der Waals surface area (Å²) in [6, 6.07) is 8.28. The van der Waals surface area contributed by atoms with Gasteiger partial charge in [-0.3, -0.25) is 5.41 Å². The van der Waals surface area contributed by atoms with E-state index >= 15 is 0 Å². The minimum Gasteiger partial charge on any atom is -0.378 e. The Balaban J connectivity index is 2.07. The number of aryl methyl sites for hydroxylation is 1. The van der Waals surface area contributed by atoms with Gasteiger partial charge >= 0.3 is 0 Å². The van der Waals surface area contributed by atoms with Crippen LogP contribution in [0.1, 0.15) is 18.1 Å². The summed E-state index contributed by atoms with van der Waals surface area (Å²) in [5.74, 6) is 0.617. The highest BCUT2D eigenvalue weighted by Crippen LogP contribution is 2.09. The molecule has 0 bridgehead atoms. The fourth-order valence-corrected chi connectivity index (χ4v) is 1.87. The molecule has 0 aliphatic carbocycles. The van der Waals surface area contributed by atoms with Gasteiger partial charge in [-0.25, -0.2) is 0 Å². The summed E-state index contributed by atoms with van der Waals surface area (Å²) < 4.78 is 5.28. The van der Waals surface area contributed by atoms with E-state index in [4.69, 9.17) is 10.1 Å². The quantitative estimate of drug-likeness (QED) is 0.608. The zero-order valence-electron chi connectivity index (χ0n) is 9.70. The SMILES string of the molecule is CCc1ccc(C(=N)N2CCOCC2)cc1. The van der Waals surface area contributed by atoms with Gasteiger partial charge in [-0.2, -0.15) is 0 Å². The third kappa shape index (κ3) is 2.42. The Bertz CT molecular complexity index is 353. The first-order valence-corrected chi connectivity index (χ1v) is 5.82. The second-order valence-electron chi connectivity index (χ2n) is 4.00. The van der Waals surface area contributed by atoms with E-state index in [9.17, 15) is 0 Å². The summed E-state index contributed by atoms with van der Waals surface area (Å²) in [7, 11) is 0. The van der Waals surface area contributed by atoms with E-state index in [0.29, 0.717) is 5.84 Å². The van der Waals surface area contributed by atoms with Crippen molar-refractivity contribution in [1.29, 1.82) is 5.41 Å². The maximum atomic E-state index is 8.12. The fraction of sp³-hybridized carbons (Fsp3) is 0.462. The van der Waals surface area contributed by atoms with Crippen LogP contribution in [0.25, 0.3) is 0 Å². The Morgan fingerprint density at radius 3 is 2.44 bits per heavy atom. The third-order valence-corrected chi connectivity index (χ3v) is 2.96. The number of nitrogens with one attached hydrogen (secondary N) is 1. The Labute approximate surface area is 96.5 Å². The number of ether oxygens (including phenoxy) is 1. The minimum atomic E-state index is 0.617. The Hall–Kier alpha value is -1.35. The van der Waals surface area contributed by atoms with Crippen molar-refractivity contribution >= 4 is 5.84 Å². The zero-order valence-corrected chi connectivity index (χ0v) is 9.70. The van der Waals surface area contributed by atoms with Crippen LogP contribution in [0.5, 0.6) is 0 Å². The third-order valence-electron chi connectivity index (χ3n) is 2.96. The minimum absolute atomic E-state index is 0.617. The summed E-state index contributed by atoms with van der Waals surface area (Å²) in [4.78, 5) is 2.07. The maximum absolute atomic E-state index is 8.12. The summed E-state index contributed by atoms with van der Waals surface area (Å²) >= 11 is 0. The number of morpholine rings is 1. The number of amidine groups is 1. The number of hydrogen-bond donors (Lipinski definition) is 1. The van der Waals surface area contributed by atoms with Crippen LogP contribution in [0.3, 0.4) is 0 Å². The highest BCUT2D eigenvalue weighted by Gasteiger charge is 2.14. The van der Waals surface area contributed by atoms with Gasteiger partial charge in [-0.1, -0.05) is 31.2 Å². The van der Waals surface area contributed by atoms with Crippen molar-refractivity contribution in [1.82, 2.24) is 4.90 Å². The molecule has 1 N–H and O–H groups in total. The predicted octanol–water partition coefficient (Wildman–Crippen LogP) is 1.91. The molecule has 0 spiro atoms. The molecule has 1 aromatic rings. The first kappa shape index (κ1) is 11.1. The summed E-state index contributed by atoms with van der Waals surface area (Å²) in [5, 5.41) is 8.12. The lowest BCUT2D eigenvalue weighted by Gasteiger charge is -2.29. The molecule has 1 heterocycles. The van der Waals surface area contributed by atoms with E-state index < -0.39 is 0 Å². The fourth-order valence-electron chi connectivity index (χ4n) is 1.87. The van der Waals surface area contributed by atoms with Gasteiger partial charge in [0.2, 0.25) is 0 Å². The number of rotatable bonds is 2. The summed E-state index contributed by atoms with van der Waals surface area (Å²) in [5.41, 5.74) is 2.32. The number of nitrogens with zero attached hydrogens (tertiary/aromatic N) is 1. The Morgan fingerprint density at radius 2 is 1.88 bits per heavy atom. The van der Waals surface area contributed by atoms with Crippen molar-refractivity contribution in [2.75, 3.05) is 26.3 Å². The topological polar surface area (TPSA) is 36.3 Å². The molecule has 0 saturated carbocycles. The van der Waals surface area contributed by atoms with Crippen LogP contribution in [0, 0.1) is 5.41 Å². The molecule has 1 aromatic carbocycles. The van der Waals surface area contributed by atoms with E-state index in [2.05, 4.69) is 24.0 Å². The van der Waals surface area contributed by atoms with Crippen LogP contribution in [-0.4, -0.2) is 37.0 Å². The first-order chi connectivity index (χ1) is 7.81. The lowest BCUT2D eigenvalue weighted by Crippen LogP contribution is -2.40. The van der Waals surface area contributed by atoms with Crippen molar-refractivity contribution in [2.45, 2.75) is 13.3 Å². The van der Waals surface area contributed by atoms with Crippen LogP contribution < -0.4 is 0 Å². The Morgan fingerprint density at radius 1 is 1.25 bits per heavy atom. The molecule has 1 saturated heterocycles. The smallest absolute Gasteiger partial charge is 0.128 e. The van der Waals surface area contributed by atoms with Gasteiger partial charge in [0.05, 0.1) is 13.2 Å². The molecule has 3 nitrogen and oxygen atoms in total. The standard InChI is InChI=1S/C13H18N2O/c1-2-11-3-5-12(6-4-11)13(14)15-7-9-16-10-8-15/h3-6,14H,2,7-10H2,1H3. The van der Waals surface area contributed by atoms with Gasteiger partial charge in [-0.15, -0.1) is 0 Å². The van der Waals surface area contributed by atoms with E-state index in [0.717, 1.165) is 38.3 Å². The van der Waals surface area contributed by atoms with Gasteiger partial charge in [0.15, 0.2) is 0 Å². The predicted molar refractivity (Wildman–Crippen MR) is 65.0 cm³/mol. The molecule has 0 atom stereocenters. The van der Waals surface area contributed by atoms with E-state index in [1.54, 1.807) is 0 Å². The maximum Gasteiger partial charge on any atom is 0.128 e. The van der Waals surface area contributed by atoms with Crippen molar-refractivity contribution in [3.05, 3.63) is 35.4 Å². The van der Waals surface area contributed by atoms with Crippen LogP contribution in [0.4, 0.5) is 0 Å². The van der Waals surface area contributed by atoms with E-state index in [-0.39, 0.29) is 0 Å². The highest BCUT2D eigenvalue weighted by atomic mass is 16.5. The number of hydrogen-bond acceptors (Lipinski definition) is 2. The van der Waals surface area contributed by atoms with Crippen LogP contribution in [0.2, 0.25) is 0 Å². The molecule has 2 rings (SSSR count). The van der Waals surface area contributed by atoms with Crippen molar-refractivity contribution in [3.8, 4) is 0 Å². The molecule has 1 aliphatic heterocycles. The van der Waals surface area contributed by atoms with Gasteiger partial charge in [0, 0.05) is 18.7 Å². The first-order valence-electron chi connectivity index (χ1n) is 5.82. The zero-order chi connectivity index (χ0) is 11.4. The van der Waals surface area contributed by atoms with Crippen molar-refractivity contribution < 1.29 is 4.74 Å². The largest absolute Gasteiger partial charge is 0.378 e. The number of benzene rings is 1. The van der Waals surface area contributed by atoms with Crippen LogP contribution >= 0.6 is 0 Å². The molecule has 0 aromatic heterocycles. The van der Waals surface area contributed by atoms with Crippen LogP contribution in [-0.2, 0) is 11.2 Å². The lowest BCUT2D eigenvalue weighted by molar-refractivity contribution is 0.0680. The molecule has 0 unspecified atom stereocenters. The average molecular weight is 218 g/mol. The molecule has 86 valence electrons. The molecule has 16 heavy (non-hydrogen) atoms. The van der Waals surface area contributed by atoms with Gasteiger partial charge in [0.1, 0.15) is 5.84 Å². The summed E-state index contributed by atoms with van der Waals surface area (Å²) in [6.07, 6.45) is 1.05. The Kier molecular flexibility index (Phi) is 3.57. The molecule has 1 aliphatic rings. The summed E-state index contributed by atoms with van der Waals surface area (Å²) in [6.45, 7) is 5.26. The molecule has 0 amide bonds. The monoisotopic (exact) mass is 218 g/mol. The molecule has 0 radical (unpaired) electrons. The van der Waals surface area contributed by atoms with Crippen LogP contribution in [0.15, 0.2) is 24.3 Å². The molecular formula is C13H18N2O. The van der Waals surface area contributed by atoms with Gasteiger partial charge < -0.3 is 9.64 Å². The van der Waals surface area contributed by atoms with Gasteiger partial charge in [-0.05, 0) is 12.0 Å². The second kappa shape index (κ2) is 5.12. The second-order valence-corrected chi connectivity index (χ2v) is 4.00.